The van der Waals surface area contributed by atoms with Crippen molar-refractivity contribution in [2.75, 3.05) is 14.2 Å². The predicted molar refractivity (Wildman–Crippen MR) is 67.6 cm³/mol. The fourth-order valence-electron chi connectivity index (χ4n) is 2.42. The minimum atomic E-state index is -0.460. The van der Waals surface area contributed by atoms with Crippen LogP contribution in [0.1, 0.15) is 23.1 Å². The topological polar surface area (TPSA) is 61.6 Å². The van der Waals surface area contributed by atoms with Gasteiger partial charge in [0.1, 0.15) is 0 Å². The Kier molecular flexibility index (Phi) is 3.50. The molecule has 0 N–H and O–H groups in total. The Bertz CT molecular complexity index is 508. The standard InChI is InChI=1S/C13H15NO4/c1-17-12-8-9(6-7-14(15)16)10-4-3-5-11(10)13(12)18-2/h6-8H,3-5H2,1-2H3. The van der Waals surface area contributed by atoms with E-state index in [0.29, 0.717) is 5.75 Å². The molecule has 0 radical (unpaired) electrons. The number of nitrogens with zero attached hydrogens (tertiary/aromatic N) is 1. The third-order valence-electron chi connectivity index (χ3n) is 3.15. The van der Waals surface area contributed by atoms with Gasteiger partial charge in [-0.2, -0.15) is 0 Å². The lowest BCUT2D eigenvalue weighted by atomic mass is 10.0. The SMILES string of the molecule is COc1cc(C=C[N+](=O)[O-])c2c(c1OC)CCC2. The summed E-state index contributed by atoms with van der Waals surface area (Å²) in [5.74, 6) is 1.38. The van der Waals surface area contributed by atoms with Crippen LogP contribution in [0, 0.1) is 10.1 Å². The van der Waals surface area contributed by atoms with Gasteiger partial charge in [-0.05, 0) is 36.5 Å². The van der Waals surface area contributed by atoms with Gasteiger partial charge < -0.3 is 9.47 Å². The fraction of sp³-hybridized carbons (Fsp3) is 0.385. The molecule has 0 saturated carbocycles. The van der Waals surface area contributed by atoms with E-state index in [-0.39, 0.29) is 0 Å². The highest BCUT2D eigenvalue weighted by Gasteiger charge is 2.22. The maximum atomic E-state index is 10.4. The van der Waals surface area contributed by atoms with Gasteiger partial charge in [-0.1, -0.05) is 0 Å². The lowest BCUT2D eigenvalue weighted by Gasteiger charge is -2.14. The van der Waals surface area contributed by atoms with E-state index >= 15 is 0 Å². The van der Waals surface area contributed by atoms with Crippen LogP contribution in [-0.2, 0) is 12.8 Å². The average molecular weight is 249 g/mol. The Morgan fingerprint density at radius 3 is 2.61 bits per heavy atom. The summed E-state index contributed by atoms with van der Waals surface area (Å²) in [6.45, 7) is 0. The van der Waals surface area contributed by atoms with Crippen molar-refractivity contribution >= 4 is 6.08 Å². The molecule has 96 valence electrons. The van der Waals surface area contributed by atoms with E-state index < -0.39 is 4.92 Å². The van der Waals surface area contributed by atoms with Gasteiger partial charge in [-0.25, -0.2) is 0 Å². The van der Waals surface area contributed by atoms with E-state index in [2.05, 4.69) is 0 Å². The third-order valence-corrected chi connectivity index (χ3v) is 3.15. The van der Waals surface area contributed by atoms with Crippen LogP contribution in [0.15, 0.2) is 12.3 Å². The van der Waals surface area contributed by atoms with E-state index in [1.54, 1.807) is 20.3 Å². The number of fused-ring (bicyclic) bond motifs is 1. The summed E-state index contributed by atoms with van der Waals surface area (Å²) in [5, 5.41) is 10.4. The first-order valence-corrected chi connectivity index (χ1v) is 5.75. The Labute approximate surface area is 105 Å². The molecule has 0 saturated heterocycles. The first-order valence-electron chi connectivity index (χ1n) is 5.75. The van der Waals surface area contributed by atoms with Crippen LogP contribution in [0.2, 0.25) is 0 Å². The second-order valence-electron chi connectivity index (χ2n) is 4.11. The Morgan fingerprint density at radius 2 is 2.00 bits per heavy atom. The molecule has 18 heavy (non-hydrogen) atoms. The summed E-state index contributed by atoms with van der Waals surface area (Å²) >= 11 is 0. The van der Waals surface area contributed by atoms with Crippen molar-refractivity contribution in [3.8, 4) is 11.5 Å². The summed E-state index contributed by atoms with van der Waals surface area (Å²) < 4.78 is 10.7. The van der Waals surface area contributed by atoms with Gasteiger partial charge in [0.2, 0.25) is 6.20 Å². The molecule has 1 aromatic carbocycles. The highest BCUT2D eigenvalue weighted by molar-refractivity contribution is 5.65. The molecule has 0 atom stereocenters. The Morgan fingerprint density at radius 1 is 1.28 bits per heavy atom. The van der Waals surface area contributed by atoms with E-state index in [9.17, 15) is 10.1 Å². The molecule has 2 rings (SSSR count). The summed E-state index contributed by atoms with van der Waals surface area (Å²) in [4.78, 5) is 9.95. The fourth-order valence-corrected chi connectivity index (χ4v) is 2.42. The zero-order valence-electron chi connectivity index (χ0n) is 10.4. The second-order valence-corrected chi connectivity index (χ2v) is 4.11. The van der Waals surface area contributed by atoms with Crippen LogP contribution in [0.5, 0.6) is 11.5 Å². The Hall–Kier alpha value is -2.04. The quantitative estimate of drug-likeness (QED) is 0.607. The summed E-state index contributed by atoms with van der Waals surface area (Å²) in [7, 11) is 3.18. The average Bonchev–Trinajstić information content (AvgIpc) is 2.83. The van der Waals surface area contributed by atoms with Crippen molar-refractivity contribution in [2.45, 2.75) is 19.3 Å². The molecule has 0 fully saturated rings. The zero-order valence-corrected chi connectivity index (χ0v) is 10.4. The van der Waals surface area contributed by atoms with E-state index in [1.165, 1.54) is 6.08 Å². The minimum absolute atomic E-state index is 0.460. The van der Waals surface area contributed by atoms with Gasteiger partial charge in [0.25, 0.3) is 0 Å². The van der Waals surface area contributed by atoms with Crippen LogP contribution in [-0.4, -0.2) is 19.1 Å². The largest absolute Gasteiger partial charge is 0.493 e. The van der Waals surface area contributed by atoms with Gasteiger partial charge in [-0.3, -0.25) is 10.1 Å². The van der Waals surface area contributed by atoms with Crippen molar-refractivity contribution in [1.82, 2.24) is 0 Å². The van der Waals surface area contributed by atoms with E-state index in [1.807, 2.05) is 0 Å². The molecule has 1 aliphatic rings. The molecule has 5 heteroatoms. The highest BCUT2D eigenvalue weighted by Crippen LogP contribution is 2.40. The first-order chi connectivity index (χ1) is 8.67. The van der Waals surface area contributed by atoms with Crippen LogP contribution in [0.25, 0.3) is 6.08 Å². The summed E-state index contributed by atoms with van der Waals surface area (Å²) in [6.07, 6.45) is 5.37. The monoisotopic (exact) mass is 249 g/mol. The van der Waals surface area contributed by atoms with Crippen LogP contribution >= 0.6 is 0 Å². The van der Waals surface area contributed by atoms with Crippen molar-refractivity contribution in [3.63, 3.8) is 0 Å². The summed E-state index contributed by atoms with van der Waals surface area (Å²) in [6, 6.07) is 1.79. The number of methoxy groups -OCH3 is 2. The lowest BCUT2D eigenvalue weighted by molar-refractivity contribution is -0.400. The van der Waals surface area contributed by atoms with Gasteiger partial charge in [-0.15, -0.1) is 0 Å². The normalized spacial score (nSPS) is 13.7. The minimum Gasteiger partial charge on any atom is -0.493 e. The molecule has 1 aromatic rings. The molecule has 0 amide bonds. The van der Waals surface area contributed by atoms with Crippen molar-refractivity contribution in [2.24, 2.45) is 0 Å². The molecular weight excluding hydrogens is 234 g/mol. The predicted octanol–water partition coefficient (Wildman–Crippen LogP) is 2.44. The lowest BCUT2D eigenvalue weighted by Crippen LogP contribution is -1.98. The molecule has 0 aliphatic heterocycles. The van der Waals surface area contributed by atoms with Gasteiger partial charge in [0.05, 0.1) is 19.1 Å². The molecule has 0 spiro atoms. The number of benzene rings is 1. The Balaban J connectivity index is 2.54. The number of hydrogen-bond acceptors (Lipinski definition) is 4. The second kappa shape index (κ2) is 5.08. The van der Waals surface area contributed by atoms with Crippen molar-refractivity contribution < 1.29 is 14.4 Å². The molecule has 0 bridgehead atoms. The van der Waals surface area contributed by atoms with Gasteiger partial charge in [0.15, 0.2) is 11.5 Å². The molecule has 0 aromatic heterocycles. The molecule has 1 aliphatic carbocycles. The first kappa shape index (κ1) is 12.4. The third kappa shape index (κ3) is 2.16. The molecular formula is C13H15NO4. The highest BCUT2D eigenvalue weighted by atomic mass is 16.6. The van der Waals surface area contributed by atoms with Crippen LogP contribution in [0.4, 0.5) is 0 Å². The van der Waals surface area contributed by atoms with Crippen LogP contribution < -0.4 is 9.47 Å². The molecule has 0 heterocycles. The summed E-state index contributed by atoms with van der Waals surface area (Å²) in [5.41, 5.74) is 3.09. The van der Waals surface area contributed by atoms with Crippen LogP contribution in [0.3, 0.4) is 0 Å². The van der Waals surface area contributed by atoms with Gasteiger partial charge in [0, 0.05) is 11.6 Å². The van der Waals surface area contributed by atoms with Crippen molar-refractivity contribution in [1.29, 1.82) is 0 Å². The molecule has 0 unspecified atom stereocenters. The maximum Gasteiger partial charge on any atom is 0.235 e. The molecule has 5 nitrogen and oxygen atoms in total. The zero-order chi connectivity index (χ0) is 13.1. The number of nitro groups is 1. The van der Waals surface area contributed by atoms with Gasteiger partial charge >= 0.3 is 0 Å². The smallest absolute Gasteiger partial charge is 0.235 e. The number of ether oxygens (including phenoxy) is 2. The number of rotatable bonds is 4. The van der Waals surface area contributed by atoms with E-state index in [4.69, 9.17) is 9.47 Å². The number of hydrogen-bond donors (Lipinski definition) is 0. The maximum absolute atomic E-state index is 10.4. The van der Waals surface area contributed by atoms with Crippen molar-refractivity contribution in [3.05, 3.63) is 39.1 Å². The van der Waals surface area contributed by atoms with E-state index in [0.717, 1.165) is 47.9 Å².